The van der Waals surface area contributed by atoms with E-state index in [4.69, 9.17) is 5.26 Å². The summed E-state index contributed by atoms with van der Waals surface area (Å²) in [5.74, 6) is 0. The first-order chi connectivity index (χ1) is 7.98. The lowest BCUT2D eigenvalue weighted by Gasteiger charge is -2.18. The normalized spacial score (nSPS) is 21.6. The molecule has 1 aliphatic heterocycles. The minimum absolute atomic E-state index is 0.0142. The lowest BCUT2D eigenvalue weighted by Crippen LogP contribution is -2.35. The Hall–Kier alpha value is -0.980. The number of sulfonamides is 1. The third kappa shape index (κ3) is 1.96. The van der Waals surface area contributed by atoms with Crippen LogP contribution in [0.4, 0.5) is 0 Å². The standard InChI is InChI=1S/C8H10BrN5O2S/c1-13-8(7(9)11-12-13)17(15,16)14-4-2-3-6(14)5-10/h6H,2-4H2,1H3. The van der Waals surface area contributed by atoms with Gasteiger partial charge in [0.25, 0.3) is 10.0 Å². The van der Waals surface area contributed by atoms with Crippen molar-refractivity contribution in [3.05, 3.63) is 4.60 Å². The Labute approximate surface area is 107 Å². The molecule has 0 aromatic carbocycles. The van der Waals surface area contributed by atoms with Crippen LogP contribution in [-0.2, 0) is 17.1 Å². The highest BCUT2D eigenvalue weighted by Crippen LogP contribution is 2.28. The largest absolute Gasteiger partial charge is 0.264 e. The van der Waals surface area contributed by atoms with Gasteiger partial charge in [0.2, 0.25) is 5.03 Å². The number of rotatable bonds is 2. The molecule has 17 heavy (non-hydrogen) atoms. The fraction of sp³-hybridized carbons (Fsp3) is 0.625. The van der Waals surface area contributed by atoms with E-state index < -0.39 is 16.1 Å². The van der Waals surface area contributed by atoms with Crippen molar-refractivity contribution < 1.29 is 8.42 Å². The van der Waals surface area contributed by atoms with Crippen LogP contribution < -0.4 is 0 Å². The zero-order valence-electron chi connectivity index (χ0n) is 9.04. The van der Waals surface area contributed by atoms with E-state index in [0.717, 1.165) is 0 Å². The van der Waals surface area contributed by atoms with E-state index in [1.165, 1.54) is 16.0 Å². The summed E-state index contributed by atoms with van der Waals surface area (Å²) in [5.41, 5.74) is 0. The molecule has 1 unspecified atom stereocenters. The summed E-state index contributed by atoms with van der Waals surface area (Å²) in [6.45, 7) is 0.359. The molecule has 0 amide bonds. The molecule has 1 aromatic rings. The number of aromatic nitrogens is 3. The van der Waals surface area contributed by atoms with E-state index >= 15 is 0 Å². The van der Waals surface area contributed by atoms with Gasteiger partial charge in [0, 0.05) is 13.6 Å². The average Bonchev–Trinajstić information content (AvgIpc) is 2.85. The molecule has 7 nitrogen and oxygen atoms in total. The molecule has 92 valence electrons. The summed E-state index contributed by atoms with van der Waals surface area (Å²) in [4.78, 5) is 0. The molecule has 9 heteroatoms. The predicted molar refractivity (Wildman–Crippen MR) is 61.2 cm³/mol. The fourth-order valence-corrected chi connectivity index (χ4v) is 4.51. The highest BCUT2D eigenvalue weighted by atomic mass is 79.9. The second kappa shape index (κ2) is 4.36. The van der Waals surface area contributed by atoms with Crippen LogP contribution in [0.3, 0.4) is 0 Å². The molecular formula is C8H10BrN5O2S. The summed E-state index contributed by atoms with van der Waals surface area (Å²) >= 11 is 3.06. The van der Waals surface area contributed by atoms with Crippen molar-refractivity contribution in [1.29, 1.82) is 5.26 Å². The van der Waals surface area contributed by atoms with E-state index in [2.05, 4.69) is 26.2 Å². The lowest BCUT2D eigenvalue weighted by molar-refractivity contribution is 0.429. The smallest absolute Gasteiger partial charge is 0.235 e. The summed E-state index contributed by atoms with van der Waals surface area (Å²) in [5, 5.41) is 16.2. The Morgan fingerprint density at radius 2 is 2.29 bits per heavy atom. The van der Waals surface area contributed by atoms with Gasteiger partial charge in [0.1, 0.15) is 6.04 Å². The van der Waals surface area contributed by atoms with E-state index in [1.807, 2.05) is 6.07 Å². The maximum absolute atomic E-state index is 12.4. The monoisotopic (exact) mass is 319 g/mol. The Kier molecular flexibility index (Phi) is 3.20. The van der Waals surface area contributed by atoms with E-state index in [9.17, 15) is 8.42 Å². The van der Waals surface area contributed by atoms with Crippen molar-refractivity contribution in [3.63, 3.8) is 0 Å². The summed E-state index contributed by atoms with van der Waals surface area (Å²) in [7, 11) is -2.21. The summed E-state index contributed by atoms with van der Waals surface area (Å²) in [6.07, 6.45) is 1.26. The van der Waals surface area contributed by atoms with Gasteiger partial charge < -0.3 is 0 Å². The van der Waals surface area contributed by atoms with Gasteiger partial charge in [-0.2, -0.15) is 9.57 Å². The van der Waals surface area contributed by atoms with Crippen molar-refractivity contribution >= 4 is 26.0 Å². The van der Waals surface area contributed by atoms with Crippen LogP contribution in [0.25, 0.3) is 0 Å². The number of hydrogen-bond acceptors (Lipinski definition) is 5. The zero-order valence-corrected chi connectivity index (χ0v) is 11.4. The van der Waals surface area contributed by atoms with Crippen LogP contribution >= 0.6 is 15.9 Å². The molecule has 1 atom stereocenters. The van der Waals surface area contributed by atoms with E-state index in [0.29, 0.717) is 19.4 Å². The molecule has 2 heterocycles. The average molecular weight is 320 g/mol. The molecule has 0 radical (unpaired) electrons. The van der Waals surface area contributed by atoms with Gasteiger partial charge in [-0.15, -0.1) is 5.10 Å². The summed E-state index contributed by atoms with van der Waals surface area (Å²) in [6, 6.07) is 1.41. The number of nitriles is 1. The summed E-state index contributed by atoms with van der Waals surface area (Å²) < 4.78 is 27.3. The second-order valence-electron chi connectivity index (χ2n) is 3.71. The second-order valence-corrected chi connectivity index (χ2v) is 6.27. The molecule has 0 aliphatic carbocycles. The van der Waals surface area contributed by atoms with Crippen LogP contribution in [0.2, 0.25) is 0 Å². The Morgan fingerprint density at radius 1 is 1.59 bits per heavy atom. The number of hydrogen-bond donors (Lipinski definition) is 0. The zero-order chi connectivity index (χ0) is 12.6. The van der Waals surface area contributed by atoms with Crippen LogP contribution in [-0.4, -0.2) is 40.3 Å². The van der Waals surface area contributed by atoms with Crippen LogP contribution in [0.1, 0.15) is 12.8 Å². The molecule has 2 rings (SSSR count). The van der Waals surface area contributed by atoms with E-state index in [1.54, 1.807) is 0 Å². The third-order valence-corrected chi connectivity index (χ3v) is 5.44. The molecule has 0 saturated carbocycles. The Balaban J connectivity index is 2.48. The Morgan fingerprint density at radius 3 is 2.82 bits per heavy atom. The molecule has 0 bridgehead atoms. The highest BCUT2D eigenvalue weighted by molar-refractivity contribution is 9.10. The predicted octanol–water partition coefficient (Wildman–Crippen LogP) is 0.254. The van der Waals surface area contributed by atoms with Gasteiger partial charge in [-0.25, -0.2) is 13.1 Å². The number of nitrogens with zero attached hydrogens (tertiary/aromatic N) is 5. The first kappa shape index (κ1) is 12.5. The van der Waals surface area contributed by atoms with Crippen LogP contribution in [0.15, 0.2) is 9.63 Å². The SMILES string of the molecule is Cn1nnc(Br)c1S(=O)(=O)N1CCCC1C#N. The van der Waals surface area contributed by atoms with Gasteiger partial charge in [0.15, 0.2) is 4.60 Å². The van der Waals surface area contributed by atoms with Crippen LogP contribution in [0.5, 0.6) is 0 Å². The quantitative estimate of drug-likeness (QED) is 0.779. The minimum Gasteiger partial charge on any atom is -0.235 e. The Bertz CT molecular complexity index is 556. The van der Waals surface area contributed by atoms with Crippen molar-refractivity contribution in [2.75, 3.05) is 6.54 Å². The molecule has 1 aliphatic rings. The molecule has 1 aromatic heterocycles. The van der Waals surface area contributed by atoms with Gasteiger partial charge in [0.05, 0.1) is 6.07 Å². The first-order valence-corrected chi connectivity index (χ1v) is 7.18. The minimum atomic E-state index is -3.72. The van der Waals surface area contributed by atoms with Crippen molar-refractivity contribution in [2.45, 2.75) is 23.9 Å². The maximum Gasteiger partial charge on any atom is 0.264 e. The van der Waals surface area contributed by atoms with Gasteiger partial charge >= 0.3 is 0 Å². The van der Waals surface area contributed by atoms with Crippen molar-refractivity contribution in [2.24, 2.45) is 7.05 Å². The van der Waals surface area contributed by atoms with Crippen molar-refractivity contribution in [3.8, 4) is 6.07 Å². The maximum atomic E-state index is 12.4. The fourth-order valence-electron chi connectivity index (χ4n) is 1.86. The first-order valence-electron chi connectivity index (χ1n) is 4.95. The number of halogens is 1. The lowest BCUT2D eigenvalue weighted by atomic mass is 10.2. The third-order valence-electron chi connectivity index (χ3n) is 2.64. The van der Waals surface area contributed by atoms with E-state index in [-0.39, 0.29) is 9.63 Å². The molecule has 1 fully saturated rings. The molecule has 1 saturated heterocycles. The highest BCUT2D eigenvalue weighted by Gasteiger charge is 2.38. The van der Waals surface area contributed by atoms with Gasteiger partial charge in [-0.1, -0.05) is 5.21 Å². The van der Waals surface area contributed by atoms with Gasteiger partial charge in [-0.05, 0) is 28.8 Å². The van der Waals surface area contributed by atoms with Gasteiger partial charge in [-0.3, -0.25) is 0 Å². The number of aryl methyl sites for hydroxylation is 1. The topological polar surface area (TPSA) is 91.9 Å². The van der Waals surface area contributed by atoms with Crippen molar-refractivity contribution in [1.82, 2.24) is 19.3 Å². The molecule has 0 spiro atoms. The van der Waals surface area contributed by atoms with Crippen LogP contribution in [0, 0.1) is 11.3 Å². The molecular weight excluding hydrogens is 310 g/mol. The molecule has 0 N–H and O–H groups in total.